The van der Waals surface area contributed by atoms with Gasteiger partial charge >= 0.3 is 0 Å². The van der Waals surface area contributed by atoms with Crippen molar-refractivity contribution in [2.24, 2.45) is 5.92 Å². The lowest BCUT2D eigenvalue weighted by atomic mass is 10.1. The van der Waals surface area contributed by atoms with E-state index < -0.39 is 9.84 Å². The molecule has 0 amide bonds. The van der Waals surface area contributed by atoms with Crippen LogP contribution in [0.1, 0.15) is 25.3 Å². The summed E-state index contributed by atoms with van der Waals surface area (Å²) in [5.41, 5.74) is 1.08. The molecule has 18 heavy (non-hydrogen) atoms. The van der Waals surface area contributed by atoms with E-state index in [1.807, 2.05) is 33.0 Å². The zero-order valence-electron chi connectivity index (χ0n) is 11.2. The van der Waals surface area contributed by atoms with Gasteiger partial charge in [-0.2, -0.15) is 0 Å². The number of aryl methyl sites for hydroxylation is 1. The smallest absolute Gasteiger partial charge is 0.181 e. The highest BCUT2D eigenvalue weighted by Gasteiger charge is 2.40. The Kier molecular flexibility index (Phi) is 3.78. The molecule has 1 saturated carbocycles. The van der Waals surface area contributed by atoms with Crippen molar-refractivity contribution in [1.82, 2.24) is 5.32 Å². The third-order valence-electron chi connectivity index (χ3n) is 4.10. The molecule has 1 fully saturated rings. The van der Waals surface area contributed by atoms with E-state index in [4.69, 9.17) is 0 Å². The molecule has 0 saturated heterocycles. The van der Waals surface area contributed by atoms with Crippen molar-refractivity contribution in [2.45, 2.75) is 42.9 Å². The molecule has 1 aliphatic rings. The second-order valence-corrected chi connectivity index (χ2v) is 7.40. The van der Waals surface area contributed by atoms with Gasteiger partial charge in [0.1, 0.15) is 0 Å². The minimum absolute atomic E-state index is 0.168. The number of nitrogens with one attached hydrogen (secondary N) is 1. The van der Waals surface area contributed by atoms with Gasteiger partial charge < -0.3 is 5.32 Å². The Morgan fingerprint density at radius 2 is 1.78 bits per heavy atom. The van der Waals surface area contributed by atoms with Crippen LogP contribution in [-0.4, -0.2) is 26.8 Å². The summed E-state index contributed by atoms with van der Waals surface area (Å²) in [5, 5.41) is 2.96. The SMILES string of the molecule is CNC1CCC(S(=O)(=O)c2ccc(C)cc2)C1C. The number of sulfone groups is 1. The zero-order valence-corrected chi connectivity index (χ0v) is 12.0. The molecule has 1 aromatic rings. The van der Waals surface area contributed by atoms with Gasteiger partial charge in [0.05, 0.1) is 10.1 Å². The molecule has 0 radical (unpaired) electrons. The topological polar surface area (TPSA) is 46.2 Å². The third-order valence-corrected chi connectivity index (χ3v) is 6.49. The van der Waals surface area contributed by atoms with Crippen LogP contribution in [0.5, 0.6) is 0 Å². The highest BCUT2D eigenvalue weighted by molar-refractivity contribution is 7.92. The lowest BCUT2D eigenvalue weighted by Gasteiger charge is -2.20. The van der Waals surface area contributed by atoms with Crippen LogP contribution in [0.25, 0.3) is 0 Å². The van der Waals surface area contributed by atoms with Crippen molar-refractivity contribution in [2.75, 3.05) is 7.05 Å². The second-order valence-electron chi connectivity index (χ2n) is 5.23. The number of hydrogen-bond acceptors (Lipinski definition) is 3. The number of rotatable bonds is 3. The van der Waals surface area contributed by atoms with E-state index in [0.717, 1.165) is 18.4 Å². The van der Waals surface area contributed by atoms with Crippen molar-refractivity contribution in [3.8, 4) is 0 Å². The van der Waals surface area contributed by atoms with E-state index in [1.54, 1.807) is 12.1 Å². The minimum atomic E-state index is -3.19. The lowest BCUT2D eigenvalue weighted by molar-refractivity contribution is 0.453. The molecular formula is C14H21NO2S. The maximum absolute atomic E-state index is 12.6. The molecule has 4 heteroatoms. The van der Waals surface area contributed by atoms with Crippen LogP contribution >= 0.6 is 0 Å². The van der Waals surface area contributed by atoms with E-state index in [0.29, 0.717) is 10.9 Å². The van der Waals surface area contributed by atoms with E-state index >= 15 is 0 Å². The zero-order chi connectivity index (χ0) is 13.3. The Morgan fingerprint density at radius 3 is 2.28 bits per heavy atom. The summed E-state index contributed by atoms with van der Waals surface area (Å²) >= 11 is 0. The quantitative estimate of drug-likeness (QED) is 0.913. The van der Waals surface area contributed by atoms with Gasteiger partial charge in [0.15, 0.2) is 9.84 Å². The van der Waals surface area contributed by atoms with E-state index in [1.165, 1.54) is 0 Å². The summed E-state index contributed by atoms with van der Waals surface area (Å²) in [6.45, 7) is 4.00. The molecule has 0 aliphatic heterocycles. The Balaban J connectivity index is 2.30. The number of benzene rings is 1. The van der Waals surface area contributed by atoms with E-state index in [9.17, 15) is 8.42 Å². The highest BCUT2D eigenvalue weighted by atomic mass is 32.2. The molecule has 100 valence electrons. The fourth-order valence-corrected chi connectivity index (χ4v) is 4.94. The maximum Gasteiger partial charge on any atom is 0.181 e. The van der Waals surface area contributed by atoms with Crippen molar-refractivity contribution >= 4 is 9.84 Å². The summed E-state index contributed by atoms with van der Waals surface area (Å²) in [6.07, 6.45) is 1.69. The summed E-state index contributed by atoms with van der Waals surface area (Å²) in [4.78, 5) is 0.460. The normalized spacial score (nSPS) is 28.5. The third kappa shape index (κ3) is 2.31. The first-order chi connectivity index (χ1) is 8.46. The van der Waals surface area contributed by atoms with Crippen molar-refractivity contribution in [3.63, 3.8) is 0 Å². The van der Waals surface area contributed by atoms with Crippen molar-refractivity contribution in [3.05, 3.63) is 29.8 Å². The van der Waals surface area contributed by atoms with E-state index in [2.05, 4.69) is 5.32 Å². The molecule has 3 nitrogen and oxygen atoms in total. The molecule has 0 aromatic heterocycles. The predicted molar refractivity (Wildman–Crippen MR) is 73.4 cm³/mol. The van der Waals surface area contributed by atoms with Gasteiger partial charge in [-0.3, -0.25) is 0 Å². The van der Waals surface area contributed by atoms with Crippen LogP contribution in [0.2, 0.25) is 0 Å². The Morgan fingerprint density at radius 1 is 1.17 bits per heavy atom. The molecule has 0 spiro atoms. The molecule has 0 heterocycles. The summed E-state index contributed by atoms with van der Waals surface area (Å²) < 4.78 is 25.2. The summed E-state index contributed by atoms with van der Waals surface area (Å²) in [6, 6.07) is 7.49. The first-order valence-electron chi connectivity index (χ1n) is 6.44. The Bertz CT molecular complexity index is 507. The number of hydrogen-bond donors (Lipinski definition) is 1. The van der Waals surface area contributed by atoms with Crippen LogP contribution in [0.3, 0.4) is 0 Å². The predicted octanol–water partition coefficient (Wildman–Crippen LogP) is 2.16. The van der Waals surface area contributed by atoms with Crippen LogP contribution in [0.4, 0.5) is 0 Å². The molecule has 0 bridgehead atoms. The van der Waals surface area contributed by atoms with E-state index in [-0.39, 0.29) is 11.2 Å². The average Bonchev–Trinajstić information content (AvgIpc) is 2.71. The van der Waals surface area contributed by atoms with Gasteiger partial charge in [-0.15, -0.1) is 0 Å². The standard InChI is InChI=1S/C14H21NO2S/c1-10-4-6-12(7-5-10)18(16,17)14-9-8-13(15-3)11(14)2/h4-7,11,13-15H,8-9H2,1-3H3. The lowest BCUT2D eigenvalue weighted by Crippen LogP contribution is -2.34. The van der Waals surface area contributed by atoms with Gasteiger partial charge in [-0.25, -0.2) is 8.42 Å². The first-order valence-corrected chi connectivity index (χ1v) is 7.99. The van der Waals surface area contributed by atoms with Crippen molar-refractivity contribution in [1.29, 1.82) is 0 Å². The fraction of sp³-hybridized carbons (Fsp3) is 0.571. The van der Waals surface area contributed by atoms with Crippen LogP contribution in [-0.2, 0) is 9.84 Å². The highest BCUT2D eigenvalue weighted by Crippen LogP contribution is 2.34. The Labute approximate surface area is 110 Å². The van der Waals surface area contributed by atoms with Gasteiger partial charge in [-0.1, -0.05) is 24.6 Å². The van der Waals surface area contributed by atoms with Crippen LogP contribution in [0, 0.1) is 12.8 Å². The monoisotopic (exact) mass is 267 g/mol. The van der Waals surface area contributed by atoms with Gasteiger partial charge in [-0.05, 0) is 44.9 Å². The second kappa shape index (κ2) is 5.02. The summed E-state index contributed by atoms with van der Waals surface area (Å²) in [7, 11) is -1.28. The molecule has 3 atom stereocenters. The maximum atomic E-state index is 12.6. The Hall–Kier alpha value is -0.870. The van der Waals surface area contributed by atoms with Crippen LogP contribution in [0.15, 0.2) is 29.2 Å². The van der Waals surface area contributed by atoms with Crippen molar-refractivity contribution < 1.29 is 8.42 Å². The molecule has 1 aliphatic carbocycles. The molecule has 2 rings (SSSR count). The molecule has 1 N–H and O–H groups in total. The largest absolute Gasteiger partial charge is 0.317 e. The van der Waals surface area contributed by atoms with Gasteiger partial charge in [0.2, 0.25) is 0 Å². The van der Waals surface area contributed by atoms with Gasteiger partial charge in [0.25, 0.3) is 0 Å². The minimum Gasteiger partial charge on any atom is -0.317 e. The summed E-state index contributed by atoms with van der Waals surface area (Å²) in [5.74, 6) is 0.168. The van der Waals surface area contributed by atoms with Crippen LogP contribution < -0.4 is 5.32 Å². The molecular weight excluding hydrogens is 246 g/mol. The molecule has 1 aromatic carbocycles. The fourth-order valence-electron chi connectivity index (χ4n) is 2.88. The average molecular weight is 267 g/mol. The molecule has 3 unspecified atom stereocenters. The van der Waals surface area contributed by atoms with Gasteiger partial charge in [0, 0.05) is 6.04 Å². The first kappa shape index (κ1) is 13.6.